The van der Waals surface area contributed by atoms with E-state index in [1.54, 1.807) is 18.3 Å². The average molecular weight is 309 g/mol. The van der Waals surface area contributed by atoms with Crippen LogP contribution in [0.25, 0.3) is 0 Å². The first-order chi connectivity index (χ1) is 11.0. The van der Waals surface area contributed by atoms with Crippen molar-refractivity contribution >= 4 is 17.7 Å². The standard InChI is InChI=1S/C17H15N3O3/c1-10(14-5-3-4-8-18-14)19-15(21)11-6-7-12-13(9-11)17(23)20(2)16(12)22/h3-10H,1-2H3,(H,19,21). The highest BCUT2D eigenvalue weighted by atomic mass is 16.2. The number of hydrogen-bond donors (Lipinski definition) is 1. The molecule has 6 nitrogen and oxygen atoms in total. The predicted molar refractivity (Wildman–Crippen MR) is 83.0 cm³/mol. The van der Waals surface area contributed by atoms with Crippen molar-refractivity contribution in [3.63, 3.8) is 0 Å². The molecule has 3 rings (SSSR count). The highest BCUT2D eigenvalue weighted by molar-refractivity contribution is 6.21. The summed E-state index contributed by atoms with van der Waals surface area (Å²) >= 11 is 0. The van der Waals surface area contributed by atoms with Crippen molar-refractivity contribution in [1.82, 2.24) is 15.2 Å². The third-order valence-electron chi connectivity index (χ3n) is 3.83. The lowest BCUT2D eigenvalue weighted by molar-refractivity contribution is 0.0693. The van der Waals surface area contributed by atoms with Crippen molar-refractivity contribution in [2.24, 2.45) is 0 Å². The first-order valence-corrected chi connectivity index (χ1v) is 7.17. The molecule has 0 fully saturated rings. The molecule has 3 amide bonds. The Hall–Kier alpha value is -3.02. The van der Waals surface area contributed by atoms with Crippen LogP contribution in [0.2, 0.25) is 0 Å². The molecule has 1 aromatic heterocycles. The third kappa shape index (κ3) is 2.59. The molecule has 2 heterocycles. The fourth-order valence-corrected chi connectivity index (χ4v) is 2.49. The molecular weight excluding hydrogens is 294 g/mol. The molecule has 0 saturated heterocycles. The number of aromatic nitrogens is 1. The molecule has 1 aromatic carbocycles. The Morgan fingerprint density at radius 1 is 1.13 bits per heavy atom. The number of fused-ring (bicyclic) bond motifs is 1. The normalized spacial score (nSPS) is 14.6. The Morgan fingerprint density at radius 2 is 1.87 bits per heavy atom. The maximum absolute atomic E-state index is 12.3. The Balaban J connectivity index is 1.82. The molecule has 1 aliphatic rings. The molecule has 0 spiro atoms. The number of nitrogens with one attached hydrogen (secondary N) is 1. The maximum atomic E-state index is 12.3. The summed E-state index contributed by atoms with van der Waals surface area (Å²) < 4.78 is 0. The lowest BCUT2D eigenvalue weighted by atomic mass is 10.0. The van der Waals surface area contributed by atoms with E-state index in [9.17, 15) is 14.4 Å². The van der Waals surface area contributed by atoms with Crippen molar-refractivity contribution in [1.29, 1.82) is 0 Å². The van der Waals surface area contributed by atoms with Crippen LogP contribution in [-0.4, -0.2) is 34.7 Å². The summed E-state index contributed by atoms with van der Waals surface area (Å²) in [7, 11) is 1.42. The van der Waals surface area contributed by atoms with Crippen LogP contribution in [0.15, 0.2) is 42.6 Å². The molecular formula is C17H15N3O3. The van der Waals surface area contributed by atoms with E-state index in [4.69, 9.17) is 0 Å². The van der Waals surface area contributed by atoms with Crippen molar-refractivity contribution in [2.75, 3.05) is 7.05 Å². The van der Waals surface area contributed by atoms with Crippen LogP contribution in [0.3, 0.4) is 0 Å². The van der Waals surface area contributed by atoms with Crippen LogP contribution in [0, 0.1) is 0 Å². The smallest absolute Gasteiger partial charge is 0.261 e. The molecule has 1 N–H and O–H groups in total. The van der Waals surface area contributed by atoms with Crippen LogP contribution in [0.1, 0.15) is 49.7 Å². The van der Waals surface area contributed by atoms with Gasteiger partial charge in [-0.1, -0.05) is 6.07 Å². The summed E-state index contributed by atoms with van der Waals surface area (Å²) in [4.78, 5) is 41.4. The third-order valence-corrected chi connectivity index (χ3v) is 3.83. The molecule has 23 heavy (non-hydrogen) atoms. The molecule has 1 unspecified atom stereocenters. The summed E-state index contributed by atoms with van der Waals surface area (Å²) in [6.07, 6.45) is 1.66. The molecule has 116 valence electrons. The number of hydrogen-bond acceptors (Lipinski definition) is 4. The van der Waals surface area contributed by atoms with Gasteiger partial charge in [0, 0.05) is 18.8 Å². The maximum Gasteiger partial charge on any atom is 0.261 e. The zero-order valence-electron chi connectivity index (χ0n) is 12.7. The molecule has 0 saturated carbocycles. The Morgan fingerprint density at radius 3 is 2.57 bits per heavy atom. The fourth-order valence-electron chi connectivity index (χ4n) is 2.49. The number of pyridine rings is 1. The molecule has 0 bridgehead atoms. The minimum Gasteiger partial charge on any atom is -0.344 e. The molecule has 0 radical (unpaired) electrons. The summed E-state index contributed by atoms with van der Waals surface area (Å²) in [5, 5.41) is 2.83. The van der Waals surface area contributed by atoms with Crippen LogP contribution >= 0.6 is 0 Å². The van der Waals surface area contributed by atoms with Gasteiger partial charge < -0.3 is 5.32 Å². The van der Waals surface area contributed by atoms with E-state index in [2.05, 4.69) is 10.3 Å². The van der Waals surface area contributed by atoms with Crippen LogP contribution in [-0.2, 0) is 0 Å². The Kier molecular flexibility index (Phi) is 3.65. The fraction of sp³-hybridized carbons (Fsp3) is 0.176. The quantitative estimate of drug-likeness (QED) is 0.877. The van der Waals surface area contributed by atoms with E-state index in [0.29, 0.717) is 11.1 Å². The van der Waals surface area contributed by atoms with Crippen LogP contribution in [0.5, 0.6) is 0 Å². The summed E-state index contributed by atoms with van der Waals surface area (Å²) in [5.74, 6) is -1.06. The minimum atomic E-state index is -0.391. The monoisotopic (exact) mass is 309 g/mol. The highest BCUT2D eigenvalue weighted by Crippen LogP contribution is 2.23. The number of imide groups is 1. The van der Waals surface area contributed by atoms with Crippen LogP contribution in [0.4, 0.5) is 0 Å². The lowest BCUT2D eigenvalue weighted by Crippen LogP contribution is -2.27. The molecule has 6 heteroatoms. The summed E-state index contributed by atoms with van der Waals surface area (Å²) in [5.41, 5.74) is 1.67. The second-order valence-electron chi connectivity index (χ2n) is 5.38. The number of rotatable bonds is 3. The van der Waals surface area contributed by atoms with Crippen molar-refractivity contribution in [3.05, 3.63) is 65.0 Å². The van der Waals surface area contributed by atoms with E-state index >= 15 is 0 Å². The van der Waals surface area contributed by atoms with Crippen molar-refractivity contribution in [2.45, 2.75) is 13.0 Å². The number of benzene rings is 1. The first kappa shape index (κ1) is 14.9. The Bertz CT molecular complexity index is 802. The number of carbonyl (C=O) groups excluding carboxylic acids is 3. The van der Waals surface area contributed by atoms with E-state index < -0.39 is 5.91 Å². The number of carbonyl (C=O) groups is 3. The summed E-state index contributed by atoms with van der Waals surface area (Å²) in [6, 6.07) is 9.72. The van der Waals surface area contributed by atoms with Crippen molar-refractivity contribution in [3.8, 4) is 0 Å². The van der Waals surface area contributed by atoms with Gasteiger partial charge in [-0.2, -0.15) is 0 Å². The highest BCUT2D eigenvalue weighted by Gasteiger charge is 2.33. The van der Waals surface area contributed by atoms with Crippen LogP contribution < -0.4 is 5.32 Å². The van der Waals surface area contributed by atoms with Gasteiger partial charge in [-0.15, -0.1) is 0 Å². The van der Waals surface area contributed by atoms with E-state index in [1.165, 1.54) is 19.2 Å². The van der Waals surface area contributed by atoms with E-state index in [1.807, 2.05) is 19.1 Å². The molecule has 0 aliphatic carbocycles. The van der Waals surface area contributed by atoms with Gasteiger partial charge in [0.1, 0.15) is 0 Å². The van der Waals surface area contributed by atoms with Gasteiger partial charge >= 0.3 is 0 Å². The minimum absolute atomic E-state index is 0.260. The zero-order chi connectivity index (χ0) is 16.6. The van der Waals surface area contributed by atoms with Gasteiger partial charge in [0.2, 0.25) is 0 Å². The van der Waals surface area contributed by atoms with Gasteiger partial charge in [-0.25, -0.2) is 0 Å². The first-order valence-electron chi connectivity index (χ1n) is 7.17. The number of amides is 3. The van der Waals surface area contributed by atoms with Gasteiger partial charge in [0.15, 0.2) is 0 Å². The zero-order valence-corrected chi connectivity index (χ0v) is 12.7. The van der Waals surface area contributed by atoms with Gasteiger partial charge in [0.05, 0.1) is 22.9 Å². The van der Waals surface area contributed by atoms with Gasteiger partial charge in [-0.05, 0) is 37.3 Å². The molecule has 2 aromatic rings. The summed E-state index contributed by atoms with van der Waals surface area (Å²) in [6.45, 7) is 1.83. The molecule has 1 aliphatic heterocycles. The SMILES string of the molecule is CC(NC(=O)c1ccc2c(c1)C(=O)N(C)C2=O)c1ccccn1. The second kappa shape index (κ2) is 5.64. The predicted octanol–water partition coefficient (Wildman–Crippen LogP) is 1.80. The van der Waals surface area contributed by atoms with E-state index in [-0.39, 0.29) is 23.4 Å². The largest absolute Gasteiger partial charge is 0.344 e. The van der Waals surface area contributed by atoms with E-state index in [0.717, 1.165) is 10.6 Å². The average Bonchev–Trinajstić information content (AvgIpc) is 2.79. The number of nitrogens with zero attached hydrogens (tertiary/aromatic N) is 2. The van der Waals surface area contributed by atoms with Gasteiger partial charge in [0.25, 0.3) is 17.7 Å². The topological polar surface area (TPSA) is 79.4 Å². The second-order valence-corrected chi connectivity index (χ2v) is 5.38. The lowest BCUT2D eigenvalue weighted by Gasteiger charge is -2.13. The van der Waals surface area contributed by atoms with Crippen molar-refractivity contribution < 1.29 is 14.4 Å². The Labute approximate surface area is 133 Å². The van der Waals surface area contributed by atoms with Gasteiger partial charge in [-0.3, -0.25) is 24.3 Å². The molecule has 1 atom stereocenters.